The molecule has 49 heavy (non-hydrogen) atoms. The highest BCUT2D eigenvalue weighted by molar-refractivity contribution is 5.76. The van der Waals surface area contributed by atoms with Gasteiger partial charge in [-0.3, -0.25) is 9.59 Å². The van der Waals surface area contributed by atoms with Gasteiger partial charge < -0.3 is 20.3 Å². The highest BCUT2D eigenvalue weighted by atomic mass is 16.5. The third-order valence-corrected chi connectivity index (χ3v) is 9.13. The lowest BCUT2D eigenvalue weighted by Crippen LogP contribution is -2.45. The number of rotatable bonds is 37. The van der Waals surface area contributed by atoms with Crippen molar-refractivity contribution in [3.8, 4) is 0 Å². The summed E-state index contributed by atoms with van der Waals surface area (Å²) in [5.74, 6) is -0.159. The first-order valence-corrected chi connectivity index (χ1v) is 20.8. The molecule has 2 atom stereocenters. The molecule has 3 N–H and O–H groups in total. The Labute approximate surface area is 303 Å². The number of nitrogens with one attached hydrogen (secondary N) is 1. The second-order valence-corrected chi connectivity index (χ2v) is 14.0. The van der Waals surface area contributed by atoms with Crippen LogP contribution in [0.25, 0.3) is 0 Å². The molecule has 0 aliphatic carbocycles. The quantitative estimate of drug-likeness (QED) is 0.0343. The Morgan fingerprint density at radius 2 is 0.959 bits per heavy atom. The Morgan fingerprint density at radius 1 is 0.551 bits per heavy atom. The predicted octanol–water partition coefficient (Wildman–Crippen LogP) is 11.4. The van der Waals surface area contributed by atoms with E-state index >= 15 is 0 Å². The van der Waals surface area contributed by atoms with Crippen molar-refractivity contribution in [3.63, 3.8) is 0 Å². The zero-order valence-corrected chi connectivity index (χ0v) is 32.2. The van der Waals surface area contributed by atoms with Crippen LogP contribution in [0.15, 0.2) is 36.5 Å². The fraction of sp³-hybridized carbons (Fsp3) is 0.814. The molecule has 0 spiro atoms. The van der Waals surface area contributed by atoms with Gasteiger partial charge in [-0.25, -0.2) is 0 Å². The number of carbonyl (C=O) groups is 2. The number of allylic oxidation sites excluding steroid dienone is 5. The van der Waals surface area contributed by atoms with Crippen molar-refractivity contribution >= 4 is 11.9 Å². The van der Waals surface area contributed by atoms with E-state index in [9.17, 15) is 19.8 Å². The number of carbonyl (C=O) groups excluding carboxylic acids is 2. The lowest BCUT2D eigenvalue weighted by Gasteiger charge is -2.20. The van der Waals surface area contributed by atoms with Gasteiger partial charge in [0.05, 0.1) is 25.4 Å². The van der Waals surface area contributed by atoms with Crippen molar-refractivity contribution in [2.24, 2.45) is 0 Å². The summed E-state index contributed by atoms with van der Waals surface area (Å²) in [6, 6.07) is -0.651. The van der Waals surface area contributed by atoms with Gasteiger partial charge in [0, 0.05) is 12.8 Å². The molecule has 0 fully saturated rings. The lowest BCUT2D eigenvalue weighted by atomic mass is 10.1. The Bertz CT molecular complexity index is 808. The summed E-state index contributed by atoms with van der Waals surface area (Å²) in [7, 11) is 0. The van der Waals surface area contributed by atoms with Crippen molar-refractivity contribution in [1.29, 1.82) is 0 Å². The molecule has 0 aliphatic rings. The molecular weight excluding hydrogens is 610 g/mol. The minimum atomic E-state index is -0.863. The monoisotopic (exact) mass is 690 g/mol. The summed E-state index contributed by atoms with van der Waals surface area (Å²) in [5, 5.41) is 22.8. The normalized spacial score (nSPS) is 13.1. The van der Waals surface area contributed by atoms with E-state index in [0.717, 1.165) is 77.0 Å². The highest BCUT2D eigenvalue weighted by Gasteiger charge is 2.17. The topological polar surface area (TPSA) is 95.9 Å². The molecule has 0 bridgehead atoms. The summed E-state index contributed by atoms with van der Waals surface area (Å²) in [5.41, 5.74) is 0. The first kappa shape index (κ1) is 47.1. The van der Waals surface area contributed by atoms with Crippen LogP contribution in [0, 0.1) is 0 Å². The molecule has 0 aromatic heterocycles. The van der Waals surface area contributed by atoms with Crippen molar-refractivity contribution in [2.75, 3.05) is 13.2 Å². The molecule has 6 heteroatoms. The Balaban J connectivity index is 3.59. The molecular formula is C43H79NO5. The van der Waals surface area contributed by atoms with Crippen LogP contribution in [0.3, 0.4) is 0 Å². The molecule has 6 nitrogen and oxygen atoms in total. The van der Waals surface area contributed by atoms with E-state index in [1.807, 2.05) is 6.08 Å². The van der Waals surface area contributed by atoms with Crippen molar-refractivity contribution in [3.05, 3.63) is 36.5 Å². The van der Waals surface area contributed by atoms with Gasteiger partial charge >= 0.3 is 5.97 Å². The Kier molecular flexibility index (Phi) is 37.4. The molecule has 0 saturated heterocycles. The van der Waals surface area contributed by atoms with Crippen LogP contribution in [0.5, 0.6) is 0 Å². The summed E-state index contributed by atoms with van der Waals surface area (Å²) in [6.07, 6.45) is 44.1. The van der Waals surface area contributed by atoms with Gasteiger partial charge in [-0.15, -0.1) is 0 Å². The second-order valence-electron chi connectivity index (χ2n) is 14.0. The molecule has 286 valence electrons. The predicted molar refractivity (Wildman–Crippen MR) is 209 cm³/mol. The van der Waals surface area contributed by atoms with E-state index in [2.05, 4.69) is 43.5 Å². The van der Waals surface area contributed by atoms with Crippen molar-refractivity contribution in [1.82, 2.24) is 5.32 Å². The van der Waals surface area contributed by atoms with E-state index in [4.69, 9.17) is 4.74 Å². The fourth-order valence-corrected chi connectivity index (χ4v) is 5.85. The summed E-state index contributed by atoms with van der Waals surface area (Å²) in [6.45, 7) is 4.73. The van der Waals surface area contributed by atoms with Crippen molar-refractivity contribution < 1.29 is 24.5 Å². The lowest BCUT2D eigenvalue weighted by molar-refractivity contribution is -0.143. The number of hydrogen-bond acceptors (Lipinski definition) is 5. The average molecular weight is 690 g/mol. The van der Waals surface area contributed by atoms with E-state index in [0.29, 0.717) is 19.4 Å². The van der Waals surface area contributed by atoms with Gasteiger partial charge in [0.1, 0.15) is 0 Å². The minimum Gasteiger partial charge on any atom is -0.466 e. The smallest absolute Gasteiger partial charge is 0.305 e. The van der Waals surface area contributed by atoms with Crippen LogP contribution in [0.4, 0.5) is 0 Å². The number of unbranched alkanes of at least 4 members (excludes halogenated alkanes) is 22. The minimum absolute atomic E-state index is 0.0497. The number of aliphatic hydroxyl groups is 2. The third kappa shape index (κ3) is 35.7. The maximum atomic E-state index is 12.3. The highest BCUT2D eigenvalue weighted by Crippen LogP contribution is 2.12. The van der Waals surface area contributed by atoms with Crippen LogP contribution < -0.4 is 5.32 Å². The molecule has 1 amide bonds. The number of hydrogen-bond donors (Lipinski definition) is 3. The molecule has 0 aromatic carbocycles. The van der Waals surface area contributed by atoms with Crippen LogP contribution >= 0.6 is 0 Å². The first-order valence-electron chi connectivity index (χ1n) is 20.8. The maximum Gasteiger partial charge on any atom is 0.305 e. The number of aliphatic hydroxyl groups excluding tert-OH is 2. The second kappa shape index (κ2) is 38.9. The Morgan fingerprint density at radius 3 is 1.47 bits per heavy atom. The summed E-state index contributed by atoms with van der Waals surface area (Å²) >= 11 is 0. The first-order chi connectivity index (χ1) is 24.0. The van der Waals surface area contributed by atoms with Gasteiger partial charge in [0.2, 0.25) is 5.91 Å². The molecule has 0 saturated carbocycles. The van der Waals surface area contributed by atoms with Gasteiger partial charge in [-0.2, -0.15) is 0 Å². The summed E-state index contributed by atoms with van der Waals surface area (Å²) in [4.78, 5) is 24.3. The van der Waals surface area contributed by atoms with Crippen LogP contribution in [0.2, 0.25) is 0 Å². The SMILES string of the molecule is CCCCCC/C=C\CCCCCCCC(=O)OCCCC/C=C\CCCCCCC(=O)NC(CO)C(O)/C=C/CCCCCCCCC. The third-order valence-electron chi connectivity index (χ3n) is 9.13. The number of ether oxygens (including phenoxy) is 1. The van der Waals surface area contributed by atoms with Gasteiger partial charge in [-0.05, 0) is 83.5 Å². The fourth-order valence-electron chi connectivity index (χ4n) is 5.85. The zero-order chi connectivity index (χ0) is 35.9. The van der Waals surface area contributed by atoms with E-state index in [1.165, 1.54) is 96.3 Å². The molecule has 2 unspecified atom stereocenters. The van der Waals surface area contributed by atoms with Gasteiger partial charge in [0.25, 0.3) is 0 Å². The molecule has 0 heterocycles. The molecule has 0 aromatic rings. The molecule has 0 rings (SSSR count). The van der Waals surface area contributed by atoms with Crippen LogP contribution in [-0.2, 0) is 14.3 Å². The van der Waals surface area contributed by atoms with E-state index < -0.39 is 12.1 Å². The standard InChI is InChI=1S/C43H79NO5/c1-3-5-7-9-11-13-14-15-16-21-25-29-33-37-43(48)49-38-34-30-26-22-18-17-20-24-28-32-36-42(47)44-40(39-45)41(46)35-31-27-23-19-12-10-8-6-4-2/h13-14,18,22,31,35,40-41,45-46H,3-12,15-17,19-21,23-30,32-34,36-39H2,1-2H3,(H,44,47)/b14-13-,22-18-,35-31+. The molecule has 0 radical (unpaired) electrons. The zero-order valence-electron chi connectivity index (χ0n) is 32.2. The van der Waals surface area contributed by atoms with Crippen LogP contribution in [-0.4, -0.2) is 47.4 Å². The maximum absolute atomic E-state index is 12.3. The average Bonchev–Trinajstić information content (AvgIpc) is 3.10. The van der Waals surface area contributed by atoms with Crippen molar-refractivity contribution in [2.45, 2.75) is 212 Å². The van der Waals surface area contributed by atoms with Crippen LogP contribution in [0.1, 0.15) is 200 Å². The largest absolute Gasteiger partial charge is 0.466 e. The van der Waals surface area contributed by atoms with Gasteiger partial charge in [-0.1, -0.05) is 140 Å². The molecule has 0 aliphatic heterocycles. The Hall–Kier alpha value is -1.92. The number of amides is 1. The summed E-state index contributed by atoms with van der Waals surface area (Å²) < 4.78 is 5.40. The van der Waals surface area contributed by atoms with Gasteiger partial charge in [0.15, 0.2) is 0 Å². The van der Waals surface area contributed by atoms with E-state index in [-0.39, 0.29) is 18.5 Å². The van der Waals surface area contributed by atoms with E-state index in [1.54, 1.807) is 6.08 Å². The number of esters is 1.